The lowest BCUT2D eigenvalue weighted by Crippen LogP contribution is -2.63. The molecule has 2 unspecified atom stereocenters. The Balaban J connectivity index is 2.16. The first-order valence-corrected chi connectivity index (χ1v) is 8.23. The topological polar surface area (TPSA) is 157 Å². The van der Waals surface area contributed by atoms with Crippen molar-refractivity contribution in [3.63, 3.8) is 0 Å². The molecule has 6 N–H and O–H groups in total. The number of rotatable bonds is 2. The zero-order chi connectivity index (χ0) is 16.8. The van der Waals surface area contributed by atoms with E-state index in [1.54, 1.807) is 0 Å². The van der Waals surface area contributed by atoms with E-state index in [4.69, 9.17) is 9.47 Å². The van der Waals surface area contributed by atoms with E-state index in [0.717, 1.165) is 0 Å². The molecular formula is C12H22O9S. The molecule has 10 heteroatoms. The molecule has 0 aliphatic carbocycles. The zero-order valence-electron chi connectivity index (χ0n) is 12.1. The van der Waals surface area contributed by atoms with Crippen LogP contribution in [-0.2, 0) is 20.3 Å². The van der Waals surface area contributed by atoms with Crippen LogP contribution in [-0.4, -0.2) is 94.6 Å². The predicted molar refractivity (Wildman–Crippen MR) is 72.9 cm³/mol. The van der Waals surface area contributed by atoms with E-state index in [0.29, 0.717) is 0 Å². The fraction of sp³-hybridized carbons (Fsp3) is 1.00. The summed E-state index contributed by atoms with van der Waals surface area (Å²) in [5.74, 6) is 0. The summed E-state index contributed by atoms with van der Waals surface area (Å²) in [5, 5.41) is 58.5. The Morgan fingerprint density at radius 3 is 1.27 bits per heavy atom. The standard InChI is InChI=1S/C12H22O9S/c1-3-5(13)7(15)9(17)11(20-3)22(19)12-10(18)8(16)6(14)4(2)21-12/h3-18H,1-2H3/t3-,4-,5+,6+,7+,8+,9-,10-,11?,12?,22?/m0/s1. The van der Waals surface area contributed by atoms with Gasteiger partial charge in [-0.05, 0) is 13.8 Å². The molecule has 0 spiro atoms. The van der Waals surface area contributed by atoms with Crippen LogP contribution in [0.5, 0.6) is 0 Å². The minimum atomic E-state index is -2.15. The van der Waals surface area contributed by atoms with E-state index in [2.05, 4.69) is 0 Å². The monoisotopic (exact) mass is 342 g/mol. The van der Waals surface area contributed by atoms with Gasteiger partial charge in [0.1, 0.15) is 36.6 Å². The van der Waals surface area contributed by atoms with E-state index in [9.17, 15) is 34.8 Å². The van der Waals surface area contributed by atoms with Crippen LogP contribution in [0.2, 0.25) is 0 Å². The average molecular weight is 342 g/mol. The van der Waals surface area contributed by atoms with Crippen molar-refractivity contribution in [3.8, 4) is 0 Å². The predicted octanol–water partition coefficient (Wildman–Crippen LogP) is -3.61. The number of hydrogen-bond donors (Lipinski definition) is 6. The molecule has 2 heterocycles. The Labute approximate surface area is 129 Å². The minimum absolute atomic E-state index is 0.888. The van der Waals surface area contributed by atoms with Crippen LogP contribution >= 0.6 is 0 Å². The molecule has 22 heavy (non-hydrogen) atoms. The molecule has 2 aliphatic heterocycles. The molecule has 2 saturated heterocycles. The van der Waals surface area contributed by atoms with Gasteiger partial charge in [0.25, 0.3) is 0 Å². The van der Waals surface area contributed by atoms with Crippen LogP contribution < -0.4 is 0 Å². The molecule has 9 nitrogen and oxygen atoms in total. The second kappa shape index (κ2) is 6.75. The molecule has 0 saturated carbocycles. The van der Waals surface area contributed by atoms with Crippen molar-refractivity contribution in [2.24, 2.45) is 0 Å². The van der Waals surface area contributed by atoms with Crippen LogP contribution in [0, 0.1) is 0 Å². The van der Waals surface area contributed by atoms with Crippen LogP contribution in [0.15, 0.2) is 0 Å². The molecule has 10 atom stereocenters. The zero-order valence-corrected chi connectivity index (χ0v) is 12.9. The summed E-state index contributed by atoms with van der Waals surface area (Å²) in [4.78, 5) is 0. The Morgan fingerprint density at radius 2 is 0.955 bits per heavy atom. The maximum Gasteiger partial charge on any atom is 0.164 e. The summed E-state index contributed by atoms with van der Waals surface area (Å²) in [6.07, 6.45) is -10.9. The summed E-state index contributed by atoms with van der Waals surface area (Å²) >= 11 is 0. The number of hydrogen-bond acceptors (Lipinski definition) is 9. The van der Waals surface area contributed by atoms with Gasteiger partial charge >= 0.3 is 0 Å². The minimum Gasteiger partial charge on any atom is -0.388 e. The number of ether oxygens (including phenoxy) is 2. The Morgan fingerprint density at radius 1 is 0.636 bits per heavy atom. The summed E-state index contributed by atoms with van der Waals surface area (Å²) in [5.41, 5.74) is -2.83. The third-order valence-electron chi connectivity index (χ3n) is 4.07. The highest BCUT2D eigenvalue weighted by Gasteiger charge is 2.51. The molecule has 0 aromatic rings. The van der Waals surface area contributed by atoms with Crippen molar-refractivity contribution in [3.05, 3.63) is 0 Å². The van der Waals surface area contributed by atoms with E-state index in [1.165, 1.54) is 13.8 Å². The number of aliphatic hydroxyl groups excluding tert-OH is 6. The average Bonchev–Trinajstić information content (AvgIpc) is 2.49. The van der Waals surface area contributed by atoms with Gasteiger partial charge in [0.2, 0.25) is 0 Å². The first kappa shape index (κ1) is 18.2. The summed E-state index contributed by atoms with van der Waals surface area (Å²) in [6, 6.07) is 0. The molecule has 2 fully saturated rings. The fourth-order valence-electron chi connectivity index (χ4n) is 2.54. The summed E-state index contributed by atoms with van der Waals surface area (Å²) in [6.45, 7) is 2.87. The smallest absolute Gasteiger partial charge is 0.164 e. The first-order valence-electron chi connectivity index (χ1n) is 6.95. The van der Waals surface area contributed by atoms with E-state index >= 15 is 0 Å². The Kier molecular flexibility index (Phi) is 5.58. The molecule has 2 rings (SSSR count). The van der Waals surface area contributed by atoms with Crippen molar-refractivity contribution < 1.29 is 44.3 Å². The molecule has 0 aromatic heterocycles. The highest BCUT2D eigenvalue weighted by atomic mass is 32.2. The van der Waals surface area contributed by atoms with Crippen LogP contribution in [0.1, 0.15) is 13.8 Å². The molecule has 0 amide bonds. The lowest BCUT2D eigenvalue weighted by atomic mass is 10.0. The Bertz CT molecular complexity index is 385. The molecule has 0 aromatic carbocycles. The lowest BCUT2D eigenvalue weighted by molar-refractivity contribution is -0.204. The van der Waals surface area contributed by atoms with Crippen molar-refractivity contribution in [2.75, 3.05) is 0 Å². The van der Waals surface area contributed by atoms with Gasteiger partial charge in [-0.1, -0.05) is 0 Å². The van der Waals surface area contributed by atoms with Crippen molar-refractivity contribution in [2.45, 2.75) is 73.6 Å². The number of aliphatic hydroxyl groups is 6. The summed E-state index contributed by atoms with van der Waals surface area (Å²) < 4.78 is 23.0. The van der Waals surface area contributed by atoms with Gasteiger partial charge in [0.05, 0.1) is 23.0 Å². The van der Waals surface area contributed by atoms with Gasteiger partial charge in [-0.25, -0.2) is 0 Å². The van der Waals surface area contributed by atoms with Gasteiger partial charge in [-0.2, -0.15) is 0 Å². The molecular weight excluding hydrogens is 320 g/mol. The first-order chi connectivity index (χ1) is 10.2. The Hall–Kier alpha value is -0.170. The van der Waals surface area contributed by atoms with Crippen LogP contribution in [0.4, 0.5) is 0 Å². The highest BCUT2D eigenvalue weighted by molar-refractivity contribution is 7.86. The van der Waals surface area contributed by atoms with Crippen LogP contribution in [0.25, 0.3) is 0 Å². The second-order valence-electron chi connectivity index (χ2n) is 5.69. The quantitative estimate of drug-likeness (QED) is 0.298. The fourth-order valence-corrected chi connectivity index (χ4v) is 4.25. The maximum atomic E-state index is 12.5. The van der Waals surface area contributed by atoms with Crippen molar-refractivity contribution in [1.29, 1.82) is 0 Å². The lowest BCUT2D eigenvalue weighted by Gasteiger charge is -2.43. The maximum absolute atomic E-state index is 12.5. The third kappa shape index (κ3) is 3.07. The van der Waals surface area contributed by atoms with Gasteiger partial charge < -0.3 is 40.1 Å². The van der Waals surface area contributed by atoms with Gasteiger partial charge in [-0.3, -0.25) is 4.21 Å². The van der Waals surface area contributed by atoms with Gasteiger partial charge in [0, 0.05) is 0 Å². The highest BCUT2D eigenvalue weighted by Crippen LogP contribution is 2.30. The van der Waals surface area contributed by atoms with Crippen molar-refractivity contribution >= 4 is 10.8 Å². The summed E-state index contributed by atoms with van der Waals surface area (Å²) in [7, 11) is -2.15. The van der Waals surface area contributed by atoms with Gasteiger partial charge in [-0.15, -0.1) is 0 Å². The third-order valence-corrected chi connectivity index (χ3v) is 5.77. The molecule has 0 radical (unpaired) electrons. The molecule has 130 valence electrons. The molecule has 0 bridgehead atoms. The van der Waals surface area contributed by atoms with Crippen molar-refractivity contribution in [1.82, 2.24) is 0 Å². The largest absolute Gasteiger partial charge is 0.388 e. The molecule has 2 aliphatic rings. The van der Waals surface area contributed by atoms with Crippen LogP contribution in [0.3, 0.4) is 0 Å². The van der Waals surface area contributed by atoms with E-state index < -0.39 is 70.5 Å². The second-order valence-corrected chi connectivity index (χ2v) is 7.28. The normalized spacial score (nSPS) is 54.9. The van der Waals surface area contributed by atoms with Gasteiger partial charge in [0.15, 0.2) is 10.9 Å². The SMILES string of the molecule is C[C@@H]1OC(S(=O)C2O[C@@H](C)[C@@H](O)[C@@H](O)[C@@H]2O)[C@@H](O)[C@H](O)[C@@H]1O. The van der Waals surface area contributed by atoms with E-state index in [1.807, 2.05) is 0 Å². The van der Waals surface area contributed by atoms with E-state index in [-0.39, 0.29) is 0 Å².